The highest BCUT2D eigenvalue weighted by Crippen LogP contribution is 2.25. The largest absolute Gasteiger partial charge is 0.326 e. The minimum Gasteiger partial charge on any atom is -0.326 e. The van der Waals surface area contributed by atoms with Crippen LogP contribution < -0.4 is 5.73 Å². The summed E-state index contributed by atoms with van der Waals surface area (Å²) in [6, 6.07) is 16.8. The molecule has 0 unspecified atom stereocenters. The lowest BCUT2D eigenvalue weighted by Crippen LogP contribution is -2.01. The standard InChI is InChI=1S/C19H23N3/c1-2-3-6-13-22-18-8-5-4-7-17(18)21-19(22)16-11-9-15(14-20)10-12-16/h4-5,7-12H,2-3,6,13-14,20H2,1H3. The number of rotatable bonds is 6. The summed E-state index contributed by atoms with van der Waals surface area (Å²) < 4.78 is 2.35. The van der Waals surface area contributed by atoms with E-state index in [2.05, 4.69) is 54.0 Å². The number of hydrogen-bond donors (Lipinski definition) is 1. The maximum atomic E-state index is 5.69. The Hall–Kier alpha value is -2.13. The molecular formula is C19H23N3. The first kappa shape index (κ1) is 14.8. The van der Waals surface area contributed by atoms with Crippen LogP contribution in [-0.2, 0) is 13.1 Å². The third-order valence-corrected chi connectivity index (χ3v) is 4.09. The van der Waals surface area contributed by atoms with Crippen LogP contribution in [0.3, 0.4) is 0 Å². The van der Waals surface area contributed by atoms with Gasteiger partial charge in [-0.15, -0.1) is 0 Å². The second kappa shape index (κ2) is 6.75. The third-order valence-electron chi connectivity index (χ3n) is 4.09. The molecule has 2 aromatic carbocycles. The number of hydrogen-bond acceptors (Lipinski definition) is 2. The summed E-state index contributed by atoms with van der Waals surface area (Å²) in [5.74, 6) is 1.06. The SMILES string of the molecule is CCCCCn1c(-c2ccc(CN)cc2)nc2ccccc21. The van der Waals surface area contributed by atoms with Gasteiger partial charge in [0.2, 0.25) is 0 Å². The zero-order chi connectivity index (χ0) is 15.4. The summed E-state index contributed by atoms with van der Waals surface area (Å²) in [5.41, 5.74) is 10.3. The van der Waals surface area contributed by atoms with Crippen molar-refractivity contribution in [1.82, 2.24) is 9.55 Å². The quantitative estimate of drug-likeness (QED) is 0.687. The van der Waals surface area contributed by atoms with Crippen LogP contribution in [0.2, 0.25) is 0 Å². The Bertz CT molecular complexity index is 741. The smallest absolute Gasteiger partial charge is 0.141 e. The molecule has 0 spiro atoms. The Kier molecular flexibility index (Phi) is 4.54. The van der Waals surface area contributed by atoms with Gasteiger partial charge in [0.05, 0.1) is 11.0 Å². The molecule has 0 saturated carbocycles. The molecule has 0 aliphatic rings. The third kappa shape index (κ3) is 2.90. The molecule has 0 bridgehead atoms. The van der Waals surface area contributed by atoms with E-state index < -0.39 is 0 Å². The van der Waals surface area contributed by atoms with Gasteiger partial charge in [0.15, 0.2) is 0 Å². The second-order valence-electron chi connectivity index (χ2n) is 5.68. The first-order chi connectivity index (χ1) is 10.8. The van der Waals surface area contributed by atoms with Crippen molar-refractivity contribution in [2.75, 3.05) is 0 Å². The van der Waals surface area contributed by atoms with Crippen molar-refractivity contribution in [2.24, 2.45) is 5.73 Å². The number of para-hydroxylation sites is 2. The van der Waals surface area contributed by atoms with Gasteiger partial charge in [-0.2, -0.15) is 0 Å². The summed E-state index contributed by atoms with van der Waals surface area (Å²) in [4.78, 5) is 4.85. The number of benzene rings is 2. The summed E-state index contributed by atoms with van der Waals surface area (Å²) in [6.07, 6.45) is 3.66. The molecular weight excluding hydrogens is 270 g/mol. The van der Waals surface area contributed by atoms with Gasteiger partial charge in [-0.3, -0.25) is 0 Å². The molecule has 114 valence electrons. The lowest BCUT2D eigenvalue weighted by atomic mass is 10.1. The Morgan fingerprint density at radius 3 is 2.50 bits per heavy atom. The van der Waals surface area contributed by atoms with Gasteiger partial charge in [0, 0.05) is 18.7 Å². The Morgan fingerprint density at radius 1 is 1.00 bits per heavy atom. The number of aromatic nitrogens is 2. The molecule has 0 saturated heterocycles. The fraction of sp³-hybridized carbons (Fsp3) is 0.316. The molecule has 0 fully saturated rings. The molecule has 1 heterocycles. The van der Waals surface area contributed by atoms with Crippen LogP contribution in [-0.4, -0.2) is 9.55 Å². The van der Waals surface area contributed by atoms with Crippen LogP contribution in [0.4, 0.5) is 0 Å². The van der Waals surface area contributed by atoms with Gasteiger partial charge in [-0.05, 0) is 24.1 Å². The molecule has 0 amide bonds. The maximum absolute atomic E-state index is 5.69. The van der Waals surface area contributed by atoms with Gasteiger partial charge in [-0.25, -0.2) is 4.98 Å². The molecule has 22 heavy (non-hydrogen) atoms. The van der Waals surface area contributed by atoms with Crippen molar-refractivity contribution < 1.29 is 0 Å². The first-order valence-corrected chi connectivity index (χ1v) is 8.08. The fourth-order valence-corrected chi connectivity index (χ4v) is 2.83. The minimum absolute atomic E-state index is 0.577. The molecule has 3 rings (SSSR count). The zero-order valence-electron chi connectivity index (χ0n) is 13.1. The molecule has 1 aromatic heterocycles. The molecule has 0 aliphatic heterocycles. The van der Waals surface area contributed by atoms with Crippen LogP contribution in [0.15, 0.2) is 48.5 Å². The lowest BCUT2D eigenvalue weighted by molar-refractivity contribution is 0.617. The topological polar surface area (TPSA) is 43.8 Å². The van der Waals surface area contributed by atoms with Crippen LogP contribution in [0.25, 0.3) is 22.4 Å². The number of imidazole rings is 1. The average molecular weight is 293 g/mol. The Morgan fingerprint density at radius 2 is 1.77 bits per heavy atom. The summed E-state index contributed by atoms with van der Waals surface area (Å²) in [6.45, 7) is 3.83. The van der Waals surface area contributed by atoms with E-state index in [0.29, 0.717) is 6.54 Å². The highest BCUT2D eigenvalue weighted by Gasteiger charge is 2.11. The molecule has 3 nitrogen and oxygen atoms in total. The van der Waals surface area contributed by atoms with E-state index in [4.69, 9.17) is 10.7 Å². The number of nitrogens with zero attached hydrogens (tertiary/aromatic N) is 2. The van der Waals surface area contributed by atoms with E-state index in [0.717, 1.165) is 29.0 Å². The van der Waals surface area contributed by atoms with E-state index in [1.165, 1.54) is 24.8 Å². The van der Waals surface area contributed by atoms with Gasteiger partial charge in [-0.1, -0.05) is 56.2 Å². The van der Waals surface area contributed by atoms with Crippen molar-refractivity contribution in [2.45, 2.75) is 39.3 Å². The zero-order valence-corrected chi connectivity index (χ0v) is 13.1. The van der Waals surface area contributed by atoms with Gasteiger partial charge >= 0.3 is 0 Å². The van der Waals surface area contributed by atoms with Crippen LogP contribution >= 0.6 is 0 Å². The van der Waals surface area contributed by atoms with E-state index in [9.17, 15) is 0 Å². The number of aryl methyl sites for hydroxylation is 1. The van der Waals surface area contributed by atoms with Crippen LogP contribution in [0, 0.1) is 0 Å². The summed E-state index contributed by atoms with van der Waals surface area (Å²) in [7, 11) is 0. The van der Waals surface area contributed by atoms with Crippen molar-refractivity contribution >= 4 is 11.0 Å². The van der Waals surface area contributed by atoms with E-state index in [1.54, 1.807) is 0 Å². The molecule has 0 aliphatic carbocycles. The van der Waals surface area contributed by atoms with E-state index in [-0.39, 0.29) is 0 Å². The summed E-state index contributed by atoms with van der Waals surface area (Å²) >= 11 is 0. The number of fused-ring (bicyclic) bond motifs is 1. The maximum Gasteiger partial charge on any atom is 0.141 e. The van der Waals surface area contributed by atoms with Crippen molar-refractivity contribution in [3.05, 3.63) is 54.1 Å². The van der Waals surface area contributed by atoms with Gasteiger partial charge in [0.1, 0.15) is 5.82 Å². The van der Waals surface area contributed by atoms with Crippen LogP contribution in [0.5, 0.6) is 0 Å². The van der Waals surface area contributed by atoms with Gasteiger partial charge < -0.3 is 10.3 Å². The predicted octanol–water partition coefficient (Wildman–Crippen LogP) is 4.35. The predicted molar refractivity (Wildman–Crippen MR) is 92.6 cm³/mol. The monoisotopic (exact) mass is 293 g/mol. The molecule has 0 atom stereocenters. The average Bonchev–Trinajstić information content (AvgIpc) is 2.94. The van der Waals surface area contributed by atoms with Crippen molar-refractivity contribution in [1.29, 1.82) is 0 Å². The Labute approximate surface area is 131 Å². The number of nitrogens with two attached hydrogens (primary N) is 1. The van der Waals surface area contributed by atoms with E-state index in [1.807, 2.05) is 6.07 Å². The fourth-order valence-electron chi connectivity index (χ4n) is 2.83. The molecule has 0 radical (unpaired) electrons. The number of unbranched alkanes of at least 4 members (excludes halogenated alkanes) is 2. The Balaban J connectivity index is 2.04. The van der Waals surface area contributed by atoms with Crippen molar-refractivity contribution in [3.8, 4) is 11.4 Å². The summed E-state index contributed by atoms with van der Waals surface area (Å²) in [5, 5.41) is 0. The molecule has 3 heteroatoms. The van der Waals surface area contributed by atoms with E-state index >= 15 is 0 Å². The van der Waals surface area contributed by atoms with Gasteiger partial charge in [0.25, 0.3) is 0 Å². The highest BCUT2D eigenvalue weighted by atomic mass is 15.1. The highest BCUT2D eigenvalue weighted by molar-refractivity contribution is 5.80. The van der Waals surface area contributed by atoms with Crippen molar-refractivity contribution in [3.63, 3.8) is 0 Å². The molecule has 3 aromatic rings. The first-order valence-electron chi connectivity index (χ1n) is 8.08. The van der Waals surface area contributed by atoms with Crippen LogP contribution in [0.1, 0.15) is 31.7 Å². The normalized spacial score (nSPS) is 11.2. The minimum atomic E-state index is 0.577. The molecule has 2 N–H and O–H groups in total. The lowest BCUT2D eigenvalue weighted by Gasteiger charge is -2.09. The second-order valence-corrected chi connectivity index (χ2v) is 5.68.